The van der Waals surface area contributed by atoms with Crippen molar-refractivity contribution >= 4 is 32.7 Å². The molecule has 1 N–H and O–H groups in total. The van der Waals surface area contributed by atoms with E-state index in [0.29, 0.717) is 0 Å². The fourth-order valence-electron chi connectivity index (χ4n) is 2.31. The maximum atomic E-state index is 12.3. The quantitative estimate of drug-likeness (QED) is 0.870. The molecule has 0 fully saturated rings. The van der Waals surface area contributed by atoms with Crippen LogP contribution in [-0.2, 0) is 10.5 Å². The van der Waals surface area contributed by atoms with E-state index in [9.17, 15) is 4.79 Å². The summed E-state index contributed by atoms with van der Waals surface area (Å²) in [5.41, 5.74) is 3.64. The predicted octanol–water partition coefficient (Wildman–Crippen LogP) is 1.59. The van der Waals surface area contributed by atoms with Gasteiger partial charge in [-0.15, -0.1) is 0 Å². The summed E-state index contributed by atoms with van der Waals surface area (Å²) in [7, 11) is 0. The molecule has 1 heterocycles. The molecule has 4 nitrogen and oxygen atoms in total. The number of rotatable bonds is 3. The van der Waals surface area contributed by atoms with Crippen LogP contribution in [0.5, 0.6) is 0 Å². The first-order valence-electron chi connectivity index (χ1n) is 6.17. The summed E-state index contributed by atoms with van der Waals surface area (Å²) in [6.45, 7) is 0. The third-order valence-corrected chi connectivity index (χ3v) is 3.83. The Balaban J connectivity index is 2.15. The van der Waals surface area contributed by atoms with Crippen molar-refractivity contribution in [2.24, 2.45) is 4.99 Å². The van der Waals surface area contributed by atoms with E-state index in [4.69, 9.17) is 0 Å². The van der Waals surface area contributed by atoms with Gasteiger partial charge in [0.2, 0.25) is 0 Å². The number of anilines is 1. The van der Waals surface area contributed by atoms with Crippen LogP contribution in [0.4, 0.5) is 5.69 Å². The van der Waals surface area contributed by atoms with Crippen LogP contribution >= 0.6 is 0 Å². The van der Waals surface area contributed by atoms with Crippen molar-refractivity contribution in [3.8, 4) is 0 Å². The van der Waals surface area contributed by atoms with E-state index in [2.05, 4.69) is 26.4 Å². The molecule has 0 amide bonds. The molecule has 0 saturated heterocycles. The molecule has 0 radical (unpaired) electrons. The second-order valence-corrected chi connectivity index (χ2v) is 5.16. The molecule has 0 spiro atoms. The van der Waals surface area contributed by atoms with E-state index >= 15 is 0 Å². The summed E-state index contributed by atoms with van der Waals surface area (Å²) in [5, 5.41) is 1.77. The number of carbonyl (C=O) groups excluding carboxylic acids is 1. The average molecular weight is 329 g/mol. The molecule has 1 atom stereocenters. The van der Waals surface area contributed by atoms with Crippen LogP contribution in [-0.4, -0.2) is 27.0 Å². The molecule has 3 rings (SSSR count). The molecule has 0 aliphatic carbocycles. The predicted molar refractivity (Wildman–Crippen MR) is 79.4 cm³/mol. The maximum absolute atomic E-state index is 12.3. The summed E-state index contributed by atoms with van der Waals surface area (Å²) < 4.78 is -0.159. The van der Waals surface area contributed by atoms with Crippen molar-refractivity contribution in [2.75, 3.05) is 5.01 Å². The molecule has 0 bridgehead atoms. The Kier molecular flexibility index (Phi) is 3.30. The summed E-state index contributed by atoms with van der Waals surface area (Å²) in [6, 6.07) is 19.2. The third-order valence-electron chi connectivity index (χ3n) is 3.24. The van der Waals surface area contributed by atoms with Gasteiger partial charge in [-0.25, -0.2) is 0 Å². The van der Waals surface area contributed by atoms with Gasteiger partial charge < -0.3 is 0 Å². The standard InChI is InChI=1S/C15H13N3OSe/c19-14(20)15(12-7-3-1-4-8-12)16-11-17-18(15)13-9-5-2-6-10-13/h1-11H,(H,16,17)(H,19,20)/p-1. The Labute approximate surface area is 125 Å². The fourth-order valence-corrected chi connectivity index (χ4v) is 2.86. The average Bonchev–Trinajstić information content (AvgIpc) is 2.95. The summed E-state index contributed by atoms with van der Waals surface area (Å²) in [4.78, 5) is 16.7. The Morgan fingerprint density at radius 2 is 1.65 bits per heavy atom. The number of aliphatic imine (C=N–C) groups is 1. The van der Waals surface area contributed by atoms with Gasteiger partial charge in [-0.1, -0.05) is 0 Å². The normalized spacial score (nSPS) is 20.7. The molecule has 1 aliphatic heterocycles. The van der Waals surface area contributed by atoms with Gasteiger partial charge in [0.25, 0.3) is 0 Å². The van der Waals surface area contributed by atoms with Gasteiger partial charge in [-0.3, -0.25) is 0 Å². The van der Waals surface area contributed by atoms with Crippen LogP contribution in [0.25, 0.3) is 0 Å². The zero-order valence-electron chi connectivity index (χ0n) is 10.6. The van der Waals surface area contributed by atoms with Crippen molar-refractivity contribution in [2.45, 2.75) is 5.66 Å². The summed E-state index contributed by atoms with van der Waals surface area (Å²) >= 11 is 2.59. The zero-order chi connectivity index (χ0) is 14.0. The van der Waals surface area contributed by atoms with Crippen molar-refractivity contribution in [1.29, 1.82) is 0 Å². The van der Waals surface area contributed by atoms with E-state index in [1.54, 1.807) is 11.3 Å². The Hall–Kier alpha value is -2.10. The molecule has 2 aromatic rings. The molecule has 1 unspecified atom stereocenters. The van der Waals surface area contributed by atoms with Gasteiger partial charge in [0, 0.05) is 0 Å². The molecule has 5 heteroatoms. The summed E-state index contributed by atoms with van der Waals surface area (Å²) in [6.07, 6.45) is 1.55. The first-order chi connectivity index (χ1) is 9.75. The topological polar surface area (TPSA) is 44.7 Å². The Morgan fingerprint density at radius 3 is 2.25 bits per heavy atom. The molecule has 0 saturated carbocycles. The van der Waals surface area contributed by atoms with E-state index in [0.717, 1.165) is 11.3 Å². The molecular weight excluding hydrogens is 317 g/mol. The van der Waals surface area contributed by atoms with Crippen LogP contribution in [0, 0.1) is 0 Å². The first-order valence-corrected chi connectivity index (χ1v) is 7.03. The van der Waals surface area contributed by atoms with Crippen LogP contribution in [0.2, 0.25) is 0 Å². The number of hydrazine groups is 1. The SMILES string of the molecule is O=C([Se-])C1(c2ccccc2)N=CNN1c1ccccc1. The second kappa shape index (κ2) is 5.12. The van der Waals surface area contributed by atoms with E-state index in [1.165, 1.54) is 0 Å². The number of carbonyl (C=O) groups is 1. The number of hydrogen-bond acceptors (Lipinski definition) is 4. The van der Waals surface area contributed by atoms with Crippen molar-refractivity contribution < 1.29 is 4.79 Å². The van der Waals surface area contributed by atoms with Crippen molar-refractivity contribution in [1.82, 2.24) is 5.43 Å². The van der Waals surface area contributed by atoms with Crippen molar-refractivity contribution in [3.05, 3.63) is 66.2 Å². The third kappa shape index (κ3) is 1.92. The number of nitrogens with zero attached hydrogens (tertiary/aromatic N) is 2. The van der Waals surface area contributed by atoms with Gasteiger partial charge in [-0.2, -0.15) is 0 Å². The van der Waals surface area contributed by atoms with Crippen molar-refractivity contribution in [3.63, 3.8) is 0 Å². The number of para-hydroxylation sites is 1. The minimum atomic E-state index is -1.09. The van der Waals surface area contributed by atoms with E-state index in [1.807, 2.05) is 60.7 Å². The van der Waals surface area contributed by atoms with Gasteiger partial charge >= 0.3 is 125 Å². The molecule has 1 aliphatic rings. The van der Waals surface area contributed by atoms with E-state index < -0.39 is 5.66 Å². The molecule has 20 heavy (non-hydrogen) atoms. The number of benzene rings is 2. The minimum absolute atomic E-state index is 0.159. The van der Waals surface area contributed by atoms with Crippen LogP contribution in [0.1, 0.15) is 5.56 Å². The van der Waals surface area contributed by atoms with Crippen LogP contribution < -0.4 is 10.4 Å². The number of hydrogen-bond donors (Lipinski definition) is 1. The van der Waals surface area contributed by atoms with Crippen LogP contribution in [0.15, 0.2) is 65.7 Å². The molecule has 0 aromatic heterocycles. The van der Waals surface area contributed by atoms with Crippen LogP contribution in [0.3, 0.4) is 0 Å². The van der Waals surface area contributed by atoms with Gasteiger partial charge in [0.1, 0.15) is 0 Å². The van der Waals surface area contributed by atoms with Gasteiger partial charge in [-0.05, 0) is 0 Å². The van der Waals surface area contributed by atoms with Gasteiger partial charge in [0.15, 0.2) is 0 Å². The van der Waals surface area contributed by atoms with E-state index in [-0.39, 0.29) is 4.68 Å². The zero-order valence-corrected chi connectivity index (χ0v) is 12.3. The second-order valence-electron chi connectivity index (χ2n) is 4.38. The number of nitrogens with one attached hydrogen (secondary N) is 1. The summed E-state index contributed by atoms with van der Waals surface area (Å²) in [5.74, 6) is 0. The molecule has 2 aromatic carbocycles. The Bertz CT molecular complexity index is 645. The van der Waals surface area contributed by atoms with Gasteiger partial charge in [0.05, 0.1) is 0 Å². The molecular formula is C15H12N3OSe-. The Morgan fingerprint density at radius 1 is 1.05 bits per heavy atom. The first kappa shape index (κ1) is 12.9. The molecule has 100 valence electrons. The fraction of sp³-hybridized carbons (Fsp3) is 0.0667. The monoisotopic (exact) mass is 330 g/mol.